The lowest BCUT2D eigenvalue weighted by atomic mass is 9.93. The molecule has 12 nitrogen and oxygen atoms in total. The number of piperazine rings is 1. The highest BCUT2D eigenvalue weighted by molar-refractivity contribution is 5.96. The van der Waals surface area contributed by atoms with Gasteiger partial charge >= 0.3 is 6.18 Å². The number of halogens is 3. The summed E-state index contributed by atoms with van der Waals surface area (Å²) < 4.78 is 43.5. The van der Waals surface area contributed by atoms with E-state index in [9.17, 15) is 27.9 Å². The summed E-state index contributed by atoms with van der Waals surface area (Å²) in [6, 6.07) is 5.24. The third kappa shape index (κ3) is 5.59. The van der Waals surface area contributed by atoms with Crippen molar-refractivity contribution in [3.05, 3.63) is 59.8 Å². The van der Waals surface area contributed by atoms with Gasteiger partial charge in [-0.15, -0.1) is 0 Å². The van der Waals surface area contributed by atoms with Gasteiger partial charge < -0.3 is 25.5 Å². The smallest absolute Gasteiger partial charge is 0.391 e. The van der Waals surface area contributed by atoms with E-state index in [1.165, 1.54) is 36.2 Å². The van der Waals surface area contributed by atoms with Crippen LogP contribution in [0.25, 0.3) is 16.9 Å². The van der Waals surface area contributed by atoms with Crippen LogP contribution >= 0.6 is 0 Å². The van der Waals surface area contributed by atoms with E-state index in [-0.39, 0.29) is 23.1 Å². The number of aliphatic hydroxyl groups is 1. The van der Waals surface area contributed by atoms with Crippen LogP contribution in [0.3, 0.4) is 0 Å². The molecule has 4 aromatic rings. The number of aryl methyl sites for hydroxylation is 2. The number of alkyl halides is 3. The van der Waals surface area contributed by atoms with Gasteiger partial charge in [-0.25, -0.2) is 9.97 Å². The number of nitrogens with one attached hydrogen (secondary N) is 2. The third-order valence-electron chi connectivity index (χ3n) is 8.17. The molecule has 0 saturated carbocycles. The van der Waals surface area contributed by atoms with Crippen molar-refractivity contribution in [3.63, 3.8) is 0 Å². The average molecular weight is 612 g/mol. The number of piperidine rings is 1. The number of carbonyl (C=O) groups excluding carboxylic acids is 2. The second-order valence-electron chi connectivity index (χ2n) is 11.1. The molecule has 0 aliphatic carbocycles. The van der Waals surface area contributed by atoms with Crippen LogP contribution in [0.4, 0.5) is 24.7 Å². The summed E-state index contributed by atoms with van der Waals surface area (Å²) in [5.74, 6) is -0.290. The summed E-state index contributed by atoms with van der Waals surface area (Å²) in [5.41, 5.74) is 1.30. The molecule has 44 heavy (non-hydrogen) atoms. The summed E-state index contributed by atoms with van der Waals surface area (Å²) in [6.45, 7) is 4.52. The molecule has 2 aliphatic rings. The molecule has 2 saturated heterocycles. The Hall–Kier alpha value is -4.50. The fraction of sp³-hybridized carbons (Fsp3) is 0.414. The minimum absolute atomic E-state index is 0.0628. The number of aliphatic hydroxyl groups excluding tert-OH is 1. The second-order valence-corrected chi connectivity index (χ2v) is 11.1. The minimum Gasteiger partial charge on any atom is -0.391 e. The lowest BCUT2D eigenvalue weighted by Crippen LogP contribution is -2.55. The van der Waals surface area contributed by atoms with Gasteiger partial charge in [-0.3, -0.25) is 18.7 Å². The number of β-amino-alcohol motifs (C(OH)–C–C–N with tert-alkyl or cyclic N) is 1. The van der Waals surface area contributed by atoms with Crippen LogP contribution < -0.4 is 10.6 Å². The molecule has 6 rings (SSSR count). The molecule has 0 bridgehead atoms. The van der Waals surface area contributed by atoms with E-state index in [4.69, 9.17) is 0 Å². The fourth-order valence-corrected chi connectivity index (χ4v) is 5.88. The van der Waals surface area contributed by atoms with Gasteiger partial charge in [0.15, 0.2) is 17.2 Å². The lowest BCUT2D eigenvalue weighted by molar-refractivity contribution is -0.142. The number of fused-ring (bicyclic) bond motifs is 1. The molecule has 0 radical (unpaired) electrons. The quantitative estimate of drug-likeness (QED) is 0.314. The zero-order valence-corrected chi connectivity index (χ0v) is 24.2. The highest BCUT2D eigenvalue weighted by Gasteiger charge is 2.38. The number of hydrogen-bond acceptors (Lipinski definition) is 8. The predicted molar refractivity (Wildman–Crippen MR) is 154 cm³/mol. The molecule has 5 heterocycles. The largest absolute Gasteiger partial charge is 0.435 e. The summed E-state index contributed by atoms with van der Waals surface area (Å²) >= 11 is 0. The van der Waals surface area contributed by atoms with Gasteiger partial charge in [0.2, 0.25) is 5.91 Å². The van der Waals surface area contributed by atoms with Crippen molar-refractivity contribution in [1.29, 1.82) is 0 Å². The first-order chi connectivity index (χ1) is 21.0. The van der Waals surface area contributed by atoms with Crippen molar-refractivity contribution in [2.24, 2.45) is 13.0 Å². The Balaban J connectivity index is 1.15. The van der Waals surface area contributed by atoms with Crippen LogP contribution in [0.1, 0.15) is 28.0 Å². The second kappa shape index (κ2) is 11.5. The van der Waals surface area contributed by atoms with Gasteiger partial charge in [0.25, 0.3) is 5.91 Å². The van der Waals surface area contributed by atoms with Crippen molar-refractivity contribution < 1.29 is 27.9 Å². The molecule has 15 heteroatoms. The minimum atomic E-state index is -4.63. The third-order valence-corrected chi connectivity index (χ3v) is 8.17. The van der Waals surface area contributed by atoms with Crippen molar-refractivity contribution in [2.45, 2.75) is 25.6 Å². The number of carbonyl (C=O) groups is 2. The van der Waals surface area contributed by atoms with Crippen molar-refractivity contribution in [3.8, 4) is 11.3 Å². The Morgan fingerprint density at radius 3 is 2.57 bits per heavy atom. The van der Waals surface area contributed by atoms with Gasteiger partial charge in [0, 0.05) is 69.6 Å². The number of nitrogens with zero attached hydrogens (tertiary/aromatic N) is 7. The van der Waals surface area contributed by atoms with Crippen LogP contribution in [0.5, 0.6) is 0 Å². The average Bonchev–Trinajstić information content (AvgIpc) is 3.61. The Morgan fingerprint density at radius 2 is 1.86 bits per heavy atom. The van der Waals surface area contributed by atoms with Gasteiger partial charge in [0.1, 0.15) is 0 Å². The fourth-order valence-electron chi connectivity index (χ4n) is 5.88. The molecule has 0 unspecified atom stereocenters. The van der Waals surface area contributed by atoms with Gasteiger partial charge in [-0.05, 0) is 43.7 Å². The van der Waals surface area contributed by atoms with E-state index in [2.05, 4.69) is 25.7 Å². The monoisotopic (exact) mass is 611 g/mol. The van der Waals surface area contributed by atoms with E-state index >= 15 is 0 Å². The molecule has 3 N–H and O–H groups in total. The molecule has 2 fully saturated rings. The van der Waals surface area contributed by atoms with E-state index in [0.717, 1.165) is 10.2 Å². The SMILES string of the molecule is Cc1cc(Nc2nccn3c(-c4cn(C)nc4C(F)(F)F)cnc23)ccc1C(=O)N1CCN(C(=O)[C@H]2CCNC[C@@H]2O)CC1. The molecular formula is C29H32F3N9O3. The van der Waals surface area contributed by atoms with E-state index in [1.54, 1.807) is 28.0 Å². The number of amides is 2. The Kier molecular flexibility index (Phi) is 7.75. The number of hydrogen-bond donors (Lipinski definition) is 3. The Labute approximate surface area is 250 Å². The maximum atomic E-state index is 13.6. The molecule has 0 spiro atoms. The highest BCUT2D eigenvalue weighted by Crippen LogP contribution is 2.36. The number of imidazole rings is 1. The number of benzene rings is 1. The lowest BCUT2D eigenvalue weighted by Gasteiger charge is -2.38. The zero-order valence-electron chi connectivity index (χ0n) is 24.2. The normalized spacial score (nSPS) is 19.4. The Morgan fingerprint density at radius 1 is 1.11 bits per heavy atom. The van der Waals surface area contributed by atoms with Crippen LogP contribution in [0, 0.1) is 12.8 Å². The van der Waals surface area contributed by atoms with Crippen molar-refractivity contribution in [2.75, 3.05) is 44.6 Å². The van der Waals surface area contributed by atoms with Crippen LogP contribution in [0.2, 0.25) is 0 Å². The van der Waals surface area contributed by atoms with Gasteiger partial charge in [-0.1, -0.05) is 0 Å². The summed E-state index contributed by atoms with van der Waals surface area (Å²) in [5, 5.41) is 20.1. The molecule has 2 amide bonds. The topological polar surface area (TPSA) is 133 Å². The predicted octanol–water partition coefficient (Wildman–Crippen LogP) is 2.46. The number of aromatic nitrogens is 5. The maximum absolute atomic E-state index is 13.6. The first kappa shape index (κ1) is 29.6. The van der Waals surface area contributed by atoms with E-state index in [0.29, 0.717) is 68.4 Å². The molecule has 232 valence electrons. The number of anilines is 2. The zero-order chi connectivity index (χ0) is 31.2. The molecule has 3 aromatic heterocycles. The Bertz CT molecular complexity index is 1710. The van der Waals surface area contributed by atoms with Gasteiger partial charge in [0.05, 0.1) is 29.5 Å². The van der Waals surface area contributed by atoms with Gasteiger partial charge in [-0.2, -0.15) is 18.3 Å². The molecule has 2 aliphatic heterocycles. The molecule has 1 aromatic carbocycles. The highest BCUT2D eigenvalue weighted by atomic mass is 19.4. The standard InChI is InChI=1S/C29H32F3N9O3/c1-17-13-18(3-4-19(17)27(43)39-9-11-40(12-10-39)28(44)20-5-6-33-15-23(20)42)36-25-26-35-14-22(41(26)8-7-34-25)21-16-38(2)37-24(21)29(30,31)32/h3-4,7-8,13-14,16,20,23,33,42H,5-6,9-12,15H2,1-2H3,(H,34,36)/t20-,23-/m0/s1. The van der Waals surface area contributed by atoms with Crippen molar-refractivity contribution >= 4 is 29.0 Å². The molecule has 2 atom stereocenters. The maximum Gasteiger partial charge on any atom is 0.435 e. The summed E-state index contributed by atoms with van der Waals surface area (Å²) in [6.07, 6.45) is 0.905. The molecular weight excluding hydrogens is 579 g/mol. The van der Waals surface area contributed by atoms with Crippen LogP contribution in [0.15, 0.2) is 43.0 Å². The first-order valence-electron chi connectivity index (χ1n) is 14.3. The van der Waals surface area contributed by atoms with E-state index in [1.807, 2.05) is 6.92 Å². The van der Waals surface area contributed by atoms with Crippen LogP contribution in [-0.4, -0.2) is 96.2 Å². The van der Waals surface area contributed by atoms with Crippen LogP contribution in [-0.2, 0) is 18.0 Å². The van der Waals surface area contributed by atoms with E-state index < -0.39 is 23.9 Å². The van der Waals surface area contributed by atoms with Crippen molar-refractivity contribution in [1.82, 2.24) is 39.3 Å². The summed E-state index contributed by atoms with van der Waals surface area (Å²) in [7, 11) is 1.43. The summed E-state index contributed by atoms with van der Waals surface area (Å²) in [4.78, 5) is 38.4. The number of rotatable bonds is 5. The first-order valence-corrected chi connectivity index (χ1v) is 14.3.